The topological polar surface area (TPSA) is 79.5 Å². The number of aliphatic carboxylic acids is 1. The first-order chi connectivity index (χ1) is 12.0. The molecule has 2 aromatic rings. The predicted octanol–water partition coefficient (Wildman–Crippen LogP) is 4.44. The summed E-state index contributed by atoms with van der Waals surface area (Å²) in [6, 6.07) is 13.3. The van der Waals surface area contributed by atoms with Crippen LogP contribution in [0.3, 0.4) is 0 Å². The van der Waals surface area contributed by atoms with Gasteiger partial charge in [0.1, 0.15) is 36.4 Å². The Hall–Kier alpha value is -2.68. The van der Waals surface area contributed by atoms with Gasteiger partial charge in [0.05, 0.1) is 5.02 Å². The molecule has 0 saturated carbocycles. The fourth-order valence-corrected chi connectivity index (χ4v) is 2.25. The van der Waals surface area contributed by atoms with Crippen molar-refractivity contribution in [2.75, 3.05) is 13.2 Å². The van der Waals surface area contributed by atoms with Crippen LogP contribution >= 0.6 is 23.2 Å². The molecule has 7 heteroatoms. The molecule has 25 heavy (non-hydrogen) atoms. The highest BCUT2D eigenvalue weighted by atomic mass is 35.5. The van der Waals surface area contributed by atoms with Crippen LogP contribution in [0.5, 0.6) is 11.5 Å². The summed E-state index contributed by atoms with van der Waals surface area (Å²) >= 11 is 11.9. The van der Waals surface area contributed by atoms with Crippen LogP contribution in [0, 0.1) is 11.3 Å². The van der Waals surface area contributed by atoms with E-state index < -0.39 is 5.97 Å². The molecule has 0 aliphatic rings. The summed E-state index contributed by atoms with van der Waals surface area (Å²) in [6.07, 6.45) is 1.26. The molecule has 2 rings (SSSR count). The fourth-order valence-electron chi connectivity index (χ4n) is 1.92. The van der Waals surface area contributed by atoms with E-state index in [-0.39, 0.29) is 18.8 Å². The van der Waals surface area contributed by atoms with Gasteiger partial charge in [-0.15, -0.1) is 0 Å². The number of nitriles is 1. The van der Waals surface area contributed by atoms with Gasteiger partial charge in [-0.3, -0.25) is 0 Å². The van der Waals surface area contributed by atoms with Gasteiger partial charge in [-0.2, -0.15) is 5.26 Å². The second-order valence-corrected chi connectivity index (χ2v) is 5.63. The highest BCUT2D eigenvalue weighted by Gasteiger charge is 2.09. The van der Waals surface area contributed by atoms with Crippen molar-refractivity contribution in [2.24, 2.45) is 0 Å². The zero-order valence-electron chi connectivity index (χ0n) is 12.9. The van der Waals surface area contributed by atoms with Crippen molar-refractivity contribution in [3.63, 3.8) is 0 Å². The molecule has 0 aliphatic heterocycles. The van der Waals surface area contributed by atoms with Crippen LogP contribution in [0.4, 0.5) is 0 Å². The lowest BCUT2D eigenvalue weighted by atomic mass is 10.1. The summed E-state index contributed by atoms with van der Waals surface area (Å²) in [5.74, 6) is -0.405. The zero-order chi connectivity index (χ0) is 18.2. The van der Waals surface area contributed by atoms with E-state index in [9.17, 15) is 4.79 Å². The Labute approximate surface area is 154 Å². The van der Waals surface area contributed by atoms with E-state index >= 15 is 0 Å². The molecule has 0 aromatic heterocycles. The van der Waals surface area contributed by atoms with Crippen molar-refractivity contribution in [3.8, 4) is 17.6 Å². The molecule has 0 saturated heterocycles. The number of carboxylic acid groups (broad SMARTS) is 1. The van der Waals surface area contributed by atoms with Crippen molar-refractivity contribution in [1.29, 1.82) is 5.26 Å². The van der Waals surface area contributed by atoms with Gasteiger partial charge in [-0.1, -0.05) is 41.4 Å². The van der Waals surface area contributed by atoms with E-state index in [2.05, 4.69) is 0 Å². The number of hydrogen-bond donors (Lipinski definition) is 1. The maximum Gasteiger partial charge on any atom is 0.346 e. The first-order valence-corrected chi connectivity index (χ1v) is 7.91. The highest BCUT2D eigenvalue weighted by Crippen LogP contribution is 2.27. The van der Waals surface area contributed by atoms with Crippen LogP contribution < -0.4 is 9.47 Å². The van der Waals surface area contributed by atoms with Gasteiger partial charge in [0, 0.05) is 16.7 Å². The average Bonchev–Trinajstić information content (AvgIpc) is 2.60. The number of halogens is 2. The second kappa shape index (κ2) is 8.97. The van der Waals surface area contributed by atoms with Gasteiger partial charge in [-0.25, -0.2) is 4.79 Å². The molecule has 0 fully saturated rings. The largest absolute Gasteiger partial charge is 0.489 e. The number of para-hydroxylation sites is 1. The number of ether oxygens (including phenoxy) is 2. The van der Waals surface area contributed by atoms with E-state index in [1.807, 2.05) is 0 Å². The van der Waals surface area contributed by atoms with Crippen molar-refractivity contribution in [3.05, 3.63) is 63.6 Å². The SMILES string of the molecule is N#CC(=Cc1ccccc1OCCOc1cc(Cl)ccc1Cl)C(=O)O. The first-order valence-electron chi connectivity index (χ1n) is 7.16. The normalized spacial score (nSPS) is 10.8. The summed E-state index contributed by atoms with van der Waals surface area (Å²) in [5.41, 5.74) is 0.111. The van der Waals surface area contributed by atoms with E-state index in [0.29, 0.717) is 27.1 Å². The molecule has 0 spiro atoms. The highest BCUT2D eigenvalue weighted by molar-refractivity contribution is 6.34. The molecule has 0 aliphatic carbocycles. The van der Waals surface area contributed by atoms with Crippen LogP contribution in [0.2, 0.25) is 10.0 Å². The third-order valence-electron chi connectivity index (χ3n) is 3.06. The van der Waals surface area contributed by atoms with Crippen molar-refractivity contribution >= 4 is 35.2 Å². The van der Waals surface area contributed by atoms with Crippen LogP contribution in [-0.2, 0) is 4.79 Å². The van der Waals surface area contributed by atoms with Gasteiger partial charge in [0.15, 0.2) is 0 Å². The maximum absolute atomic E-state index is 10.9. The lowest BCUT2D eigenvalue weighted by Gasteiger charge is -2.11. The minimum Gasteiger partial charge on any atom is -0.489 e. The monoisotopic (exact) mass is 377 g/mol. The summed E-state index contributed by atoms with van der Waals surface area (Å²) < 4.78 is 11.1. The van der Waals surface area contributed by atoms with Crippen LogP contribution in [0.25, 0.3) is 6.08 Å². The second-order valence-electron chi connectivity index (χ2n) is 4.78. The van der Waals surface area contributed by atoms with E-state index in [1.54, 1.807) is 48.5 Å². The average molecular weight is 378 g/mol. The molecule has 128 valence electrons. The first kappa shape index (κ1) is 18.7. The van der Waals surface area contributed by atoms with Crippen molar-refractivity contribution < 1.29 is 19.4 Å². The summed E-state index contributed by atoms with van der Waals surface area (Å²) in [6.45, 7) is 0.408. The van der Waals surface area contributed by atoms with Gasteiger partial charge >= 0.3 is 5.97 Å². The molecule has 0 atom stereocenters. The van der Waals surface area contributed by atoms with Gasteiger partial charge in [-0.05, 0) is 24.3 Å². The molecule has 0 unspecified atom stereocenters. The summed E-state index contributed by atoms with van der Waals surface area (Å²) in [5, 5.41) is 18.7. The summed E-state index contributed by atoms with van der Waals surface area (Å²) in [7, 11) is 0. The number of carboxylic acids is 1. The minimum absolute atomic E-state index is 0.197. The Morgan fingerprint density at radius 1 is 1.12 bits per heavy atom. The number of nitrogens with zero attached hydrogens (tertiary/aromatic N) is 1. The standard InChI is InChI=1S/C18H13Cl2NO4/c19-14-5-6-15(20)17(10-14)25-8-7-24-16-4-2-1-3-12(16)9-13(11-21)18(22)23/h1-6,9-10H,7-8H2,(H,22,23). The Morgan fingerprint density at radius 3 is 2.48 bits per heavy atom. The van der Waals surface area contributed by atoms with Crippen LogP contribution in [-0.4, -0.2) is 24.3 Å². The lowest BCUT2D eigenvalue weighted by molar-refractivity contribution is -0.132. The minimum atomic E-state index is -1.30. The third-order valence-corrected chi connectivity index (χ3v) is 3.61. The molecule has 0 amide bonds. The van der Waals surface area contributed by atoms with Crippen molar-refractivity contribution in [2.45, 2.75) is 0 Å². The molecule has 0 heterocycles. The van der Waals surface area contributed by atoms with Crippen molar-refractivity contribution in [1.82, 2.24) is 0 Å². The van der Waals surface area contributed by atoms with E-state index in [1.165, 1.54) is 6.08 Å². The van der Waals surface area contributed by atoms with Crippen LogP contribution in [0.1, 0.15) is 5.56 Å². The lowest BCUT2D eigenvalue weighted by Crippen LogP contribution is -2.10. The van der Waals surface area contributed by atoms with E-state index in [4.69, 9.17) is 43.0 Å². The Kier molecular flexibility index (Phi) is 6.70. The number of rotatable bonds is 7. The molecule has 1 N–H and O–H groups in total. The van der Waals surface area contributed by atoms with E-state index in [0.717, 1.165) is 0 Å². The smallest absolute Gasteiger partial charge is 0.346 e. The zero-order valence-corrected chi connectivity index (χ0v) is 14.4. The number of benzene rings is 2. The molecular weight excluding hydrogens is 365 g/mol. The molecule has 5 nitrogen and oxygen atoms in total. The molecule has 0 bridgehead atoms. The Morgan fingerprint density at radius 2 is 1.80 bits per heavy atom. The fraction of sp³-hybridized carbons (Fsp3) is 0.111. The van der Waals surface area contributed by atoms with Gasteiger partial charge < -0.3 is 14.6 Å². The maximum atomic E-state index is 10.9. The van der Waals surface area contributed by atoms with Gasteiger partial charge in [0.25, 0.3) is 0 Å². The van der Waals surface area contributed by atoms with Gasteiger partial charge in [0.2, 0.25) is 0 Å². The molecular formula is C18H13Cl2NO4. The molecule has 0 radical (unpaired) electrons. The Balaban J connectivity index is 2.01. The quantitative estimate of drug-likeness (QED) is 0.438. The number of carbonyl (C=O) groups is 1. The Bertz CT molecular complexity index is 843. The molecule has 2 aromatic carbocycles. The summed E-state index contributed by atoms with van der Waals surface area (Å²) in [4.78, 5) is 10.9. The third kappa shape index (κ3) is 5.42. The van der Waals surface area contributed by atoms with Crippen LogP contribution in [0.15, 0.2) is 48.0 Å². The predicted molar refractivity (Wildman–Crippen MR) is 95.1 cm³/mol. The number of hydrogen-bond acceptors (Lipinski definition) is 4.